The molecule has 1 aromatic heterocycles. The molecule has 0 atom stereocenters. The Hall–Kier alpha value is -0.640. The van der Waals surface area contributed by atoms with Gasteiger partial charge in [0.25, 0.3) is 0 Å². The molecule has 0 saturated heterocycles. The molecule has 0 saturated carbocycles. The highest BCUT2D eigenvalue weighted by Crippen LogP contribution is 2.21. The maximum absolute atomic E-state index is 5.58. The van der Waals surface area contributed by atoms with Crippen molar-refractivity contribution in [3.63, 3.8) is 0 Å². The Morgan fingerprint density at radius 1 is 1.60 bits per heavy atom. The van der Waals surface area contributed by atoms with Crippen LogP contribution in [0.15, 0.2) is 18.2 Å². The summed E-state index contributed by atoms with van der Waals surface area (Å²) in [4.78, 5) is 2.54. The standard InChI is InChI=1S/C12H19NOS/c1-9(2)4-5-14-8-11-6-12(7-13)15-10(11)3/h6H,1,4-5,7-8,13H2,2-3H3. The van der Waals surface area contributed by atoms with Gasteiger partial charge in [-0.05, 0) is 31.9 Å². The molecular formula is C12H19NOS. The van der Waals surface area contributed by atoms with Crippen molar-refractivity contribution in [3.8, 4) is 0 Å². The van der Waals surface area contributed by atoms with Crippen LogP contribution in [0.1, 0.15) is 28.7 Å². The molecule has 15 heavy (non-hydrogen) atoms. The summed E-state index contributed by atoms with van der Waals surface area (Å²) < 4.78 is 5.57. The molecular weight excluding hydrogens is 206 g/mol. The Kier molecular flexibility index (Phi) is 5.02. The van der Waals surface area contributed by atoms with Gasteiger partial charge in [0.15, 0.2) is 0 Å². The predicted molar refractivity (Wildman–Crippen MR) is 66.0 cm³/mol. The van der Waals surface area contributed by atoms with Gasteiger partial charge in [-0.3, -0.25) is 0 Å². The molecule has 1 rings (SSSR count). The van der Waals surface area contributed by atoms with E-state index >= 15 is 0 Å². The third-order valence-corrected chi connectivity index (χ3v) is 3.32. The third-order valence-electron chi connectivity index (χ3n) is 2.20. The summed E-state index contributed by atoms with van der Waals surface area (Å²) in [5.74, 6) is 0. The normalized spacial score (nSPS) is 10.6. The SMILES string of the molecule is C=C(C)CCOCc1cc(CN)sc1C. The molecule has 0 spiro atoms. The maximum Gasteiger partial charge on any atom is 0.0727 e. The first kappa shape index (κ1) is 12.4. The Balaban J connectivity index is 2.36. The molecule has 1 heterocycles. The molecule has 2 nitrogen and oxygen atoms in total. The first-order valence-corrected chi connectivity index (χ1v) is 5.95. The molecule has 0 aliphatic rings. The monoisotopic (exact) mass is 225 g/mol. The summed E-state index contributed by atoms with van der Waals surface area (Å²) in [7, 11) is 0. The summed E-state index contributed by atoms with van der Waals surface area (Å²) in [5, 5.41) is 0. The second kappa shape index (κ2) is 6.05. The van der Waals surface area contributed by atoms with E-state index in [1.165, 1.54) is 20.9 Å². The van der Waals surface area contributed by atoms with Crippen LogP contribution in [0, 0.1) is 6.92 Å². The zero-order valence-corrected chi connectivity index (χ0v) is 10.3. The van der Waals surface area contributed by atoms with Gasteiger partial charge in [-0.25, -0.2) is 0 Å². The minimum Gasteiger partial charge on any atom is -0.376 e. The van der Waals surface area contributed by atoms with Crippen molar-refractivity contribution in [1.82, 2.24) is 0 Å². The molecule has 0 aromatic carbocycles. The fourth-order valence-electron chi connectivity index (χ4n) is 1.26. The van der Waals surface area contributed by atoms with Crippen molar-refractivity contribution in [2.24, 2.45) is 5.73 Å². The summed E-state index contributed by atoms with van der Waals surface area (Å²) in [6.45, 7) is 10.0. The fourth-order valence-corrected chi connectivity index (χ4v) is 2.19. The second-order valence-corrected chi connectivity index (χ2v) is 5.10. The molecule has 2 N–H and O–H groups in total. The van der Waals surface area contributed by atoms with Gasteiger partial charge < -0.3 is 10.5 Å². The minimum atomic E-state index is 0.622. The van der Waals surface area contributed by atoms with Gasteiger partial charge >= 0.3 is 0 Å². The van der Waals surface area contributed by atoms with E-state index in [1.807, 2.05) is 6.92 Å². The zero-order chi connectivity index (χ0) is 11.3. The Morgan fingerprint density at radius 2 is 2.33 bits per heavy atom. The Morgan fingerprint density at radius 3 is 2.87 bits per heavy atom. The topological polar surface area (TPSA) is 35.2 Å². The van der Waals surface area contributed by atoms with E-state index in [0.717, 1.165) is 13.0 Å². The molecule has 0 aliphatic carbocycles. The molecule has 1 aromatic rings. The van der Waals surface area contributed by atoms with Crippen LogP contribution in [0.25, 0.3) is 0 Å². The minimum absolute atomic E-state index is 0.622. The van der Waals surface area contributed by atoms with Crippen molar-refractivity contribution in [2.45, 2.75) is 33.4 Å². The lowest BCUT2D eigenvalue weighted by molar-refractivity contribution is 0.124. The molecule has 3 heteroatoms. The predicted octanol–water partition coefficient (Wildman–Crippen LogP) is 3.00. The molecule has 0 amide bonds. The van der Waals surface area contributed by atoms with E-state index in [4.69, 9.17) is 10.5 Å². The number of rotatable bonds is 6. The number of aryl methyl sites for hydroxylation is 1. The number of ether oxygens (including phenoxy) is 1. The first-order chi connectivity index (χ1) is 7.13. The van der Waals surface area contributed by atoms with Gasteiger partial charge in [0.05, 0.1) is 13.2 Å². The third kappa shape index (κ3) is 4.16. The molecule has 0 unspecified atom stereocenters. The van der Waals surface area contributed by atoms with Crippen LogP contribution < -0.4 is 5.73 Å². The van der Waals surface area contributed by atoms with Crippen molar-refractivity contribution in [1.29, 1.82) is 0 Å². The Bertz CT molecular complexity index is 330. The van der Waals surface area contributed by atoms with Crippen molar-refractivity contribution in [2.75, 3.05) is 6.61 Å². The summed E-state index contributed by atoms with van der Waals surface area (Å²) in [6.07, 6.45) is 0.937. The number of hydrogen-bond acceptors (Lipinski definition) is 3. The lowest BCUT2D eigenvalue weighted by atomic mass is 10.2. The van der Waals surface area contributed by atoms with E-state index in [2.05, 4.69) is 19.6 Å². The average molecular weight is 225 g/mol. The van der Waals surface area contributed by atoms with Crippen LogP contribution in [-0.2, 0) is 17.9 Å². The first-order valence-electron chi connectivity index (χ1n) is 5.14. The second-order valence-electron chi connectivity index (χ2n) is 3.76. The van der Waals surface area contributed by atoms with Gasteiger partial charge in [0.1, 0.15) is 0 Å². The smallest absolute Gasteiger partial charge is 0.0727 e. The van der Waals surface area contributed by atoms with E-state index in [0.29, 0.717) is 13.2 Å². The van der Waals surface area contributed by atoms with E-state index in [-0.39, 0.29) is 0 Å². The number of thiophene rings is 1. The lowest BCUT2D eigenvalue weighted by Crippen LogP contribution is -1.96. The molecule has 0 fully saturated rings. The van der Waals surface area contributed by atoms with Crippen molar-refractivity contribution < 1.29 is 4.74 Å². The highest BCUT2D eigenvalue weighted by Gasteiger charge is 2.04. The largest absolute Gasteiger partial charge is 0.376 e. The average Bonchev–Trinajstić information content (AvgIpc) is 2.54. The lowest BCUT2D eigenvalue weighted by Gasteiger charge is -2.03. The van der Waals surface area contributed by atoms with Crippen LogP contribution in [0.5, 0.6) is 0 Å². The van der Waals surface area contributed by atoms with Crippen LogP contribution in [0.2, 0.25) is 0 Å². The number of nitrogens with two attached hydrogens (primary N) is 1. The van der Waals surface area contributed by atoms with Gasteiger partial charge in [-0.2, -0.15) is 0 Å². The van der Waals surface area contributed by atoms with E-state index in [9.17, 15) is 0 Å². The summed E-state index contributed by atoms with van der Waals surface area (Å²) in [5.41, 5.74) is 8.02. The zero-order valence-electron chi connectivity index (χ0n) is 9.51. The van der Waals surface area contributed by atoms with Crippen LogP contribution in [-0.4, -0.2) is 6.61 Å². The van der Waals surface area contributed by atoms with Gasteiger partial charge in [0.2, 0.25) is 0 Å². The number of hydrogen-bond donors (Lipinski definition) is 1. The van der Waals surface area contributed by atoms with Gasteiger partial charge in [-0.1, -0.05) is 5.57 Å². The van der Waals surface area contributed by atoms with E-state index in [1.54, 1.807) is 11.3 Å². The van der Waals surface area contributed by atoms with Crippen LogP contribution >= 0.6 is 11.3 Å². The van der Waals surface area contributed by atoms with Gasteiger partial charge in [0, 0.05) is 16.3 Å². The highest BCUT2D eigenvalue weighted by atomic mass is 32.1. The fraction of sp³-hybridized carbons (Fsp3) is 0.500. The van der Waals surface area contributed by atoms with E-state index < -0.39 is 0 Å². The van der Waals surface area contributed by atoms with Crippen LogP contribution in [0.3, 0.4) is 0 Å². The van der Waals surface area contributed by atoms with Gasteiger partial charge in [-0.15, -0.1) is 17.9 Å². The van der Waals surface area contributed by atoms with Crippen molar-refractivity contribution in [3.05, 3.63) is 33.5 Å². The molecule has 0 aliphatic heterocycles. The molecule has 84 valence electrons. The summed E-state index contributed by atoms with van der Waals surface area (Å²) in [6, 6.07) is 2.14. The van der Waals surface area contributed by atoms with Crippen molar-refractivity contribution >= 4 is 11.3 Å². The van der Waals surface area contributed by atoms with Crippen LogP contribution in [0.4, 0.5) is 0 Å². The molecule has 0 radical (unpaired) electrons. The quantitative estimate of drug-likeness (QED) is 0.596. The molecule has 0 bridgehead atoms. The summed E-state index contributed by atoms with van der Waals surface area (Å²) >= 11 is 1.76. The highest BCUT2D eigenvalue weighted by molar-refractivity contribution is 7.12. The maximum atomic E-state index is 5.58. The Labute approximate surface area is 95.8 Å².